The van der Waals surface area contributed by atoms with Gasteiger partial charge >= 0.3 is 6.09 Å². The number of anilines is 1. The van der Waals surface area contributed by atoms with Gasteiger partial charge in [-0.15, -0.1) is 0 Å². The van der Waals surface area contributed by atoms with Gasteiger partial charge in [0.1, 0.15) is 5.60 Å². The first kappa shape index (κ1) is 24.6. The minimum Gasteiger partial charge on any atom is -0.444 e. The van der Waals surface area contributed by atoms with Crippen LogP contribution in [-0.2, 0) is 9.53 Å². The molecule has 0 fully saturated rings. The maximum absolute atomic E-state index is 11.9. The lowest BCUT2D eigenvalue weighted by Crippen LogP contribution is -2.39. The Hall–Kier alpha value is -2.48. The Balaban J connectivity index is 2.11. The smallest absolute Gasteiger partial charge is 0.407 e. The van der Waals surface area contributed by atoms with Gasteiger partial charge in [-0.1, -0.05) is 11.6 Å². The molecule has 4 N–H and O–H groups in total. The third kappa shape index (κ3) is 12.6. The summed E-state index contributed by atoms with van der Waals surface area (Å²) < 4.78 is 5.17. The topological polar surface area (TPSA) is 104 Å². The molecule has 0 aliphatic rings. The van der Waals surface area contributed by atoms with Gasteiger partial charge in [-0.25, -0.2) is 4.79 Å². The molecule has 8 nitrogen and oxygen atoms in total. The van der Waals surface area contributed by atoms with Crippen LogP contribution >= 0.6 is 11.6 Å². The molecular weight excluding hydrogens is 394 g/mol. The zero-order chi connectivity index (χ0) is 21.7. The molecule has 0 spiro atoms. The molecule has 0 bridgehead atoms. The molecule has 0 unspecified atom stereocenters. The minimum atomic E-state index is -0.500. The lowest BCUT2D eigenvalue weighted by molar-refractivity contribution is -0.116. The van der Waals surface area contributed by atoms with Crippen LogP contribution in [0.3, 0.4) is 0 Å². The summed E-state index contributed by atoms with van der Waals surface area (Å²) in [5.41, 5.74) is 0.227. The number of alkyl carbamates (subject to hydrolysis) is 1. The van der Waals surface area contributed by atoms with E-state index < -0.39 is 11.7 Å². The quantitative estimate of drug-likeness (QED) is 0.276. The number of guanidine groups is 1. The number of ether oxygens (including phenoxy) is 1. The first-order valence-corrected chi connectivity index (χ1v) is 10.0. The summed E-state index contributed by atoms with van der Waals surface area (Å²) >= 11 is 5.82. The average molecular weight is 426 g/mol. The monoisotopic (exact) mass is 425 g/mol. The van der Waals surface area contributed by atoms with Crippen molar-refractivity contribution in [3.63, 3.8) is 0 Å². The fourth-order valence-corrected chi connectivity index (χ4v) is 2.36. The van der Waals surface area contributed by atoms with Crippen molar-refractivity contribution in [3.8, 4) is 0 Å². The fourth-order valence-electron chi connectivity index (χ4n) is 2.23. The van der Waals surface area contributed by atoms with Crippen molar-refractivity contribution < 1.29 is 14.3 Å². The van der Waals surface area contributed by atoms with Gasteiger partial charge in [0, 0.05) is 43.8 Å². The molecule has 162 valence electrons. The number of hydrogen-bond acceptors (Lipinski definition) is 4. The number of amides is 2. The third-order valence-corrected chi connectivity index (χ3v) is 3.79. The van der Waals surface area contributed by atoms with Crippen LogP contribution in [0.1, 0.15) is 40.0 Å². The first-order valence-electron chi connectivity index (χ1n) is 9.66. The molecule has 0 aromatic heterocycles. The molecule has 0 aliphatic heterocycles. The zero-order valence-electron chi connectivity index (χ0n) is 17.6. The number of benzene rings is 1. The van der Waals surface area contributed by atoms with Crippen LogP contribution in [0.4, 0.5) is 10.5 Å². The van der Waals surface area contributed by atoms with Crippen LogP contribution < -0.4 is 21.3 Å². The Bertz CT molecular complexity index is 672. The lowest BCUT2D eigenvalue weighted by Gasteiger charge is -2.19. The Morgan fingerprint density at radius 3 is 2.17 bits per heavy atom. The molecule has 2 amide bonds. The van der Waals surface area contributed by atoms with E-state index in [1.54, 1.807) is 31.3 Å². The van der Waals surface area contributed by atoms with Crippen LogP contribution in [0.5, 0.6) is 0 Å². The van der Waals surface area contributed by atoms with Gasteiger partial charge in [0.15, 0.2) is 5.96 Å². The van der Waals surface area contributed by atoms with E-state index in [1.807, 2.05) is 20.8 Å². The summed E-state index contributed by atoms with van der Waals surface area (Å²) in [5.74, 6) is 0.602. The van der Waals surface area contributed by atoms with E-state index in [0.717, 1.165) is 12.1 Å². The lowest BCUT2D eigenvalue weighted by atomic mass is 10.2. The second-order valence-corrected chi connectivity index (χ2v) is 7.80. The van der Waals surface area contributed by atoms with Crippen molar-refractivity contribution in [3.05, 3.63) is 29.3 Å². The van der Waals surface area contributed by atoms with Gasteiger partial charge < -0.3 is 26.0 Å². The Morgan fingerprint density at radius 1 is 1.00 bits per heavy atom. The number of rotatable bonds is 9. The second kappa shape index (κ2) is 12.9. The number of carbonyl (C=O) groups is 2. The van der Waals surface area contributed by atoms with Crippen LogP contribution in [0, 0.1) is 0 Å². The molecule has 9 heteroatoms. The summed E-state index contributed by atoms with van der Waals surface area (Å²) in [5, 5.41) is 12.5. The van der Waals surface area contributed by atoms with Crippen LogP contribution in [0.25, 0.3) is 0 Å². The molecule has 1 aromatic rings. The van der Waals surface area contributed by atoms with Crippen LogP contribution in [0.2, 0.25) is 5.02 Å². The summed E-state index contributed by atoms with van der Waals surface area (Å²) in [7, 11) is 1.68. The molecule has 0 atom stereocenters. The summed E-state index contributed by atoms with van der Waals surface area (Å²) in [6.07, 6.45) is 1.37. The highest BCUT2D eigenvalue weighted by Gasteiger charge is 2.15. The molecule has 0 saturated heterocycles. The van der Waals surface area contributed by atoms with E-state index in [1.165, 1.54) is 0 Å². The van der Waals surface area contributed by atoms with E-state index in [0.29, 0.717) is 43.5 Å². The Morgan fingerprint density at radius 2 is 1.59 bits per heavy atom. The molecule has 0 saturated carbocycles. The molecule has 0 heterocycles. The van der Waals surface area contributed by atoms with Crippen LogP contribution in [-0.4, -0.2) is 50.2 Å². The third-order valence-electron chi connectivity index (χ3n) is 3.54. The predicted molar refractivity (Wildman–Crippen MR) is 118 cm³/mol. The molecule has 1 aromatic carbocycles. The SMILES string of the molecule is CN=C(NCCCNC(=O)OC(C)(C)C)NCCCC(=O)Nc1ccc(Cl)cc1. The number of carbonyl (C=O) groups excluding carboxylic acids is 2. The zero-order valence-corrected chi connectivity index (χ0v) is 18.4. The Kier molecular flexibility index (Phi) is 10.9. The predicted octanol–water partition coefficient (Wildman–Crippen LogP) is 3.14. The van der Waals surface area contributed by atoms with Gasteiger partial charge in [-0.2, -0.15) is 0 Å². The number of nitrogens with one attached hydrogen (secondary N) is 4. The van der Waals surface area contributed by atoms with E-state index in [2.05, 4.69) is 26.3 Å². The van der Waals surface area contributed by atoms with Crippen molar-refractivity contribution in [1.29, 1.82) is 0 Å². The van der Waals surface area contributed by atoms with Gasteiger partial charge in [0.05, 0.1) is 0 Å². The summed E-state index contributed by atoms with van der Waals surface area (Å²) in [4.78, 5) is 27.6. The maximum Gasteiger partial charge on any atom is 0.407 e. The maximum atomic E-state index is 11.9. The van der Waals surface area contributed by atoms with E-state index in [-0.39, 0.29) is 5.91 Å². The van der Waals surface area contributed by atoms with E-state index in [4.69, 9.17) is 16.3 Å². The summed E-state index contributed by atoms with van der Waals surface area (Å²) in [6, 6.07) is 7.00. The molecule has 29 heavy (non-hydrogen) atoms. The van der Waals surface area contributed by atoms with Gasteiger partial charge in [-0.05, 0) is 57.9 Å². The second-order valence-electron chi connectivity index (χ2n) is 7.37. The number of hydrogen-bond donors (Lipinski definition) is 4. The van der Waals surface area contributed by atoms with Crippen molar-refractivity contribution in [2.75, 3.05) is 32.0 Å². The number of aliphatic imine (C=N–C) groups is 1. The van der Waals surface area contributed by atoms with Gasteiger partial charge in [-0.3, -0.25) is 9.79 Å². The van der Waals surface area contributed by atoms with Crippen molar-refractivity contribution >= 4 is 35.2 Å². The van der Waals surface area contributed by atoms with E-state index in [9.17, 15) is 9.59 Å². The van der Waals surface area contributed by atoms with Crippen molar-refractivity contribution in [1.82, 2.24) is 16.0 Å². The normalized spacial score (nSPS) is 11.6. The molecule has 1 rings (SSSR count). The largest absolute Gasteiger partial charge is 0.444 e. The van der Waals surface area contributed by atoms with Crippen LogP contribution in [0.15, 0.2) is 29.3 Å². The average Bonchev–Trinajstić information content (AvgIpc) is 2.63. The highest BCUT2D eigenvalue weighted by molar-refractivity contribution is 6.30. The molecule has 0 radical (unpaired) electrons. The molecular formula is C20H32ClN5O3. The van der Waals surface area contributed by atoms with E-state index >= 15 is 0 Å². The minimum absolute atomic E-state index is 0.0507. The fraction of sp³-hybridized carbons (Fsp3) is 0.550. The molecule has 0 aliphatic carbocycles. The number of nitrogens with zero attached hydrogens (tertiary/aromatic N) is 1. The van der Waals surface area contributed by atoms with Gasteiger partial charge in [0.2, 0.25) is 5.91 Å². The highest BCUT2D eigenvalue weighted by atomic mass is 35.5. The highest BCUT2D eigenvalue weighted by Crippen LogP contribution is 2.13. The van der Waals surface area contributed by atoms with Crippen molar-refractivity contribution in [2.45, 2.75) is 45.6 Å². The van der Waals surface area contributed by atoms with Gasteiger partial charge in [0.25, 0.3) is 0 Å². The van der Waals surface area contributed by atoms with Crippen molar-refractivity contribution in [2.24, 2.45) is 4.99 Å². The Labute approximate surface area is 177 Å². The first-order chi connectivity index (χ1) is 13.7. The summed E-state index contributed by atoms with van der Waals surface area (Å²) in [6.45, 7) is 7.24. The number of halogens is 1. The standard InChI is InChI=1S/C20H32ClN5O3/c1-20(2,3)29-19(28)25-14-6-13-24-18(22-4)23-12-5-7-17(27)26-16-10-8-15(21)9-11-16/h8-11H,5-7,12-14H2,1-4H3,(H,25,28)(H,26,27)(H2,22,23,24).